The molecule has 1 heterocycles. The van der Waals surface area contributed by atoms with Crippen LogP contribution in [0.15, 0.2) is 6.20 Å². The van der Waals surface area contributed by atoms with Gasteiger partial charge < -0.3 is 11.1 Å². The summed E-state index contributed by atoms with van der Waals surface area (Å²) in [5.74, 6) is 0.532. The molecular formula is C14H24N4O. The van der Waals surface area contributed by atoms with E-state index in [4.69, 9.17) is 5.73 Å². The molecule has 0 aliphatic heterocycles. The van der Waals surface area contributed by atoms with Crippen molar-refractivity contribution in [2.24, 2.45) is 17.6 Å². The lowest BCUT2D eigenvalue weighted by Gasteiger charge is -2.25. The van der Waals surface area contributed by atoms with Crippen LogP contribution in [0.2, 0.25) is 0 Å². The Kier molecular flexibility index (Phi) is 4.58. The van der Waals surface area contributed by atoms with Crippen molar-refractivity contribution in [2.45, 2.75) is 45.6 Å². The lowest BCUT2D eigenvalue weighted by atomic mass is 9.91. The van der Waals surface area contributed by atoms with Crippen molar-refractivity contribution in [1.82, 2.24) is 15.5 Å². The summed E-state index contributed by atoms with van der Waals surface area (Å²) in [6, 6.07) is 0.221. The topological polar surface area (TPSA) is 83.8 Å². The second kappa shape index (κ2) is 6.19. The minimum Gasteiger partial charge on any atom is -0.353 e. The number of nitrogens with two attached hydrogens (primary N) is 1. The Balaban J connectivity index is 1.89. The predicted octanol–water partition coefficient (Wildman–Crippen LogP) is 1.00. The molecule has 1 aliphatic carbocycles. The summed E-state index contributed by atoms with van der Waals surface area (Å²) in [5.41, 5.74) is 8.15. The number of amides is 1. The largest absolute Gasteiger partial charge is 0.353 e. The number of rotatable bonds is 5. The highest BCUT2D eigenvalue weighted by atomic mass is 16.1. The third-order valence-corrected chi connectivity index (χ3v) is 3.77. The van der Waals surface area contributed by atoms with E-state index in [0.29, 0.717) is 12.5 Å². The molecule has 19 heavy (non-hydrogen) atoms. The van der Waals surface area contributed by atoms with Gasteiger partial charge in [-0.2, -0.15) is 5.10 Å². The number of carbonyl (C=O) groups excluding carboxylic acids is 1. The molecule has 2 rings (SSSR count). The molecule has 1 amide bonds. The predicted molar refractivity (Wildman–Crippen MR) is 74.5 cm³/mol. The van der Waals surface area contributed by atoms with Gasteiger partial charge in [0.05, 0.1) is 12.1 Å². The van der Waals surface area contributed by atoms with Crippen LogP contribution in [0.1, 0.15) is 37.9 Å². The summed E-state index contributed by atoms with van der Waals surface area (Å²) >= 11 is 0. The van der Waals surface area contributed by atoms with E-state index in [1.807, 2.05) is 6.20 Å². The SMILES string of the molecule is CC(C)C[C@@H](CN)C(=O)N[C@H]1CCc2[nH]ncc2C1. The average molecular weight is 264 g/mol. The van der Waals surface area contributed by atoms with Crippen LogP contribution in [0.4, 0.5) is 0 Å². The Morgan fingerprint density at radius 3 is 3.11 bits per heavy atom. The number of fused-ring (bicyclic) bond motifs is 1. The molecule has 0 fully saturated rings. The van der Waals surface area contributed by atoms with Crippen molar-refractivity contribution in [3.05, 3.63) is 17.5 Å². The zero-order chi connectivity index (χ0) is 13.8. The van der Waals surface area contributed by atoms with Crippen LogP contribution in [0, 0.1) is 11.8 Å². The van der Waals surface area contributed by atoms with Gasteiger partial charge in [0.2, 0.25) is 5.91 Å². The Bertz CT molecular complexity index is 427. The van der Waals surface area contributed by atoms with Crippen LogP contribution < -0.4 is 11.1 Å². The highest BCUT2D eigenvalue weighted by Crippen LogP contribution is 2.19. The highest BCUT2D eigenvalue weighted by Gasteiger charge is 2.25. The van der Waals surface area contributed by atoms with E-state index in [-0.39, 0.29) is 17.9 Å². The Hall–Kier alpha value is -1.36. The monoisotopic (exact) mass is 264 g/mol. The normalized spacial score (nSPS) is 20.1. The summed E-state index contributed by atoms with van der Waals surface area (Å²) in [5, 5.41) is 10.2. The number of carbonyl (C=O) groups is 1. The smallest absolute Gasteiger partial charge is 0.224 e. The van der Waals surface area contributed by atoms with Crippen molar-refractivity contribution in [1.29, 1.82) is 0 Å². The maximum atomic E-state index is 12.2. The van der Waals surface area contributed by atoms with E-state index >= 15 is 0 Å². The molecule has 1 aliphatic rings. The van der Waals surface area contributed by atoms with Gasteiger partial charge in [0.1, 0.15) is 0 Å². The van der Waals surface area contributed by atoms with E-state index in [1.54, 1.807) is 0 Å². The minimum atomic E-state index is -0.0641. The maximum Gasteiger partial charge on any atom is 0.224 e. The second-order valence-electron chi connectivity index (χ2n) is 5.88. The van der Waals surface area contributed by atoms with Crippen LogP contribution in [0.25, 0.3) is 0 Å². The van der Waals surface area contributed by atoms with Crippen molar-refractivity contribution in [3.8, 4) is 0 Å². The van der Waals surface area contributed by atoms with Crippen LogP contribution in [0.5, 0.6) is 0 Å². The molecule has 0 bridgehead atoms. The number of hydrogen-bond donors (Lipinski definition) is 3. The van der Waals surface area contributed by atoms with E-state index < -0.39 is 0 Å². The number of aromatic nitrogens is 2. The summed E-state index contributed by atoms with van der Waals surface area (Å²) in [7, 11) is 0. The number of nitrogens with zero attached hydrogens (tertiary/aromatic N) is 1. The average Bonchev–Trinajstić information content (AvgIpc) is 2.82. The zero-order valence-corrected chi connectivity index (χ0v) is 11.8. The Morgan fingerprint density at radius 1 is 1.63 bits per heavy atom. The lowest BCUT2D eigenvalue weighted by Crippen LogP contribution is -2.44. The zero-order valence-electron chi connectivity index (χ0n) is 11.8. The third-order valence-electron chi connectivity index (χ3n) is 3.77. The molecule has 1 aromatic heterocycles. The molecule has 1 aromatic rings. The molecule has 0 aromatic carbocycles. The first-order valence-electron chi connectivity index (χ1n) is 7.11. The minimum absolute atomic E-state index is 0.0641. The van der Waals surface area contributed by atoms with E-state index in [0.717, 1.165) is 25.7 Å². The molecule has 0 saturated carbocycles. The van der Waals surface area contributed by atoms with E-state index in [9.17, 15) is 4.79 Å². The summed E-state index contributed by atoms with van der Waals surface area (Å²) in [6.07, 6.45) is 5.52. The molecule has 0 saturated heterocycles. The first-order chi connectivity index (χ1) is 9.10. The molecule has 0 unspecified atom stereocenters. The molecule has 0 radical (unpaired) electrons. The fraction of sp³-hybridized carbons (Fsp3) is 0.714. The molecule has 0 spiro atoms. The molecule has 2 atom stereocenters. The standard InChI is InChI=1S/C14H24N4O/c1-9(2)5-10(7-15)14(19)17-12-3-4-13-11(6-12)8-16-18-13/h8-10,12H,3-7,15H2,1-2H3,(H,16,18)(H,17,19)/t10-,12-/m0/s1. The van der Waals surface area contributed by atoms with Crippen LogP contribution in [-0.4, -0.2) is 28.7 Å². The van der Waals surface area contributed by atoms with Gasteiger partial charge >= 0.3 is 0 Å². The number of hydrogen-bond acceptors (Lipinski definition) is 3. The lowest BCUT2D eigenvalue weighted by molar-refractivity contribution is -0.126. The summed E-state index contributed by atoms with van der Waals surface area (Å²) in [6.45, 7) is 4.66. The van der Waals surface area contributed by atoms with Gasteiger partial charge in [0.15, 0.2) is 0 Å². The van der Waals surface area contributed by atoms with Crippen LogP contribution in [0.3, 0.4) is 0 Å². The molecule has 106 valence electrons. The van der Waals surface area contributed by atoms with Crippen molar-refractivity contribution < 1.29 is 4.79 Å². The van der Waals surface area contributed by atoms with E-state index in [2.05, 4.69) is 29.4 Å². The van der Waals surface area contributed by atoms with Gasteiger partial charge in [0.25, 0.3) is 0 Å². The summed E-state index contributed by atoms with van der Waals surface area (Å²) < 4.78 is 0. The Morgan fingerprint density at radius 2 is 2.42 bits per heavy atom. The molecule has 4 N–H and O–H groups in total. The first-order valence-corrected chi connectivity index (χ1v) is 7.11. The van der Waals surface area contributed by atoms with Gasteiger partial charge in [-0.05, 0) is 37.2 Å². The second-order valence-corrected chi connectivity index (χ2v) is 5.88. The quantitative estimate of drug-likeness (QED) is 0.742. The van der Waals surface area contributed by atoms with Gasteiger partial charge in [0, 0.05) is 18.3 Å². The van der Waals surface area contributed by atoms with Crippen molar-refractivity contribution >= 4 is 5.91 Å². The summed E-state index contributed by atoms with van der Waals surface area (Å²) in [4.78, 5) is 12.2. The number of aromatic amines is 1. The van der Waals surface area contributed by atoms with Crippen LogP contribution in [-0.2, 0) is 17.6 Å². The Labute approximate surface area is 114 Å². The number of aryl methyl sites for hydroxylation is 1. The fourth-order valence-corrected chi connectivity index (χ4v) is 2.74. The van der Waals surface area contributed by atoms with Crippen molar-refractivity contribution in [3.63, 3.8) is 0 Å². The molecule has 5 nitrogen and oxygen atoms in total. The number of nitrogens with one attached hydrogen (secondary N) is 2. The van der Waals surface area contributed by atoms with Crippen molar-refractivity contribution in [2.75, 3.05) is 6.54 Å². The molecular weight excluding hydrogens is 240 g/mol. The highest BCUT2D eigenvalue weighted by molar-refractivity contribution is 5.79. The van der Waals surface area contributed by atoms with Gasteiger partial charge in [-0.3, -0.25) is 9.89 Å². The third kappa shape index (κ3) is 3.56. The fourth-order valence-electron chi connectivity index (χ4n) is 2.74. The van der Waals surface area contributed by atoms with Crippen LogP contribution >= 0.6 is 0 Å². The first kappa shape index (κ1) is 14.1. The van der Waals surface area contributed by atoms with Gasteiger partial charge in [-0.1, -0.05) is 13.8 Å². The number of H-pyrrole nitrogens is 1. The molecule has 5 heteroatoms. The maximum absolute atomic E-state index is 12.2. The van der Waals surface area contributed by atoms with Gasteiger partial charge in [-0.25, -0.2) is 0 Å². The van der Waals surface area contributed by atoms with E-state index in [1.165, 1.54) is 11.3 Å². The van der Waals surface area contributed by atoms with Gasteiger partial charge in [-0.15, -0.1) is 0 Å².